The first-order chi connectivity index (χ1) is 10.5. The summed E-state index contributed by atoms with van der Waals surface area (Å²) in [5, 5.41) is 13.7. The van der Waals surface area contributed by atoms with Gasteiger partial charge in [-0.2, -0.15) is 0 Å². The second-order valence-electron chi connectivity index (χ2n) is 5.38. The second kappa shape index (κ2) is 5.95. The number of furan rings is 1. The Morgan fingerprint density at radius 2 is 2.18 bits per heavy atom. The van der Waals surface area contributed by atoms with Crippen LogP contribution in [0, 0.1) is 6.92 Å². The Labute approximate surface area is 138 Å². The molecule has 1 aromatic heterocycles. The molecular weight excluding hydrogens is 325 g/mol. The summed E-state index contributed by atoms with van der Waals surface area (Å²) in [4.78, 5) is 12.4. The maximum Gasteiger partial charge on any atom is 0.291 e. The molecule has 1 unspecified atom stereocenters. The zero-order valence-corrected chi connectivity index (χ0v) is 13.5. The molecule has 2 aromatic rings. The van der Waals surface area contributed by atoms with Gasteiger partial charge in [0.05, 0.1) is 16.8 Å². The molecule has 0 saturated heterocycles. The first-order valence-corrected chi connectivity index (χ1v) is 7.79. The average molecular weight is 340 g/mol. The molecule has 4 nitrogen and oxygen atoms in total. The molecule has 1 heterocycles. The van der Waals surface area contributed by atoms with Crippen LogP contribution in [0.4, 0.5) is 5.69 Å². The van der Waals surface area contributed by atoms with E-state index in [0.717, 1.165) is 18.4 Å². The molecule has 1 amide bonds. The Morgan fingerprint density at radius 3 is 2.91 bits per heavy atom. The summed E-state index contributed by atoms with van der Waals surface area (Å²) < 4.78 is 5.66. The van der Waals surface area contributed by atoms with Crippen molar-refractivity contribution in [3.05, 3.63) is 50.9 Å². The van der Waals surface area contributed by atoms with Crippen LogP contribution in [-0.2, 0) is 6.42 Å². The van der Waals surface area contributed by atoms with Gasteiger partial charge in [0.15, 0.2) is 5.76 Å². The predicted octanol–water partition coefficient (Wildman–Crippen LogP) is 4.52. The number of carbonyl (C=O) groups is 1. The molecule has 6 heteroatoms. The first kappa shape index (κ1) is 15.4. The number of carbonyl (C=O) groups excluding carboxylic acids is 1. The van der Waals surface area contributed by atoms with Crippen LogP contribution in [0.3, 0.4) is 0 Å². The lowest BCUT2D eigenvalue weighted by molar-refractivity contribution is 0.0993. The molecule has 0 saturated carbocycles. The minimum Gasteiger partial charge on any atom is -0.455 e. The van der Waals surface area contributed by atoms with Crippen molar-refractivity contribution in [2.75, 3.05) is 5.32 Å². The fourth-order valence-corrected chi connectivity index (χ4v) is 3.13. The van der Waals surface area contributed by atoms with Crippen molar-refractivity contribution in [1.29, 1.82) is 0 Å². The third-order valence-electron chi connectivity index (χ3n) is 3.87. The Morgan fingerprint density at radius 1 is 1.41 bits per heavy atom. The number of hydrogen-bond donors (Lipinski definition) is 2. The number of amides is 1. The van der Waals surface area contributed by atoms with Crippen molar-refractivity contribution in [2.24, 2.45) is 0 Å². The number of benzene rings is 1. The van der Waals surface area contributed by atoms with Gasteiger partial charge in [-0.25, -0.2) is 0 Å². The molecule has 2 N–H and O–H groups in total. The Kier molecular flexibility index (Phi) is 4.17. The van der Waals surface area contributed by atoms with Crippen LogP contribution in [0.1, 0.15) is 46.4 Å². The van der Waals surface area contributed by atoms with Gasteiger partial charge in [0.2, 0.25) is 0 Å². The Hall–Kier alpha value is -1.49. The van der Waals surface area contributed by atoms with E-state index in [0.29, 0.717) is 33.5 Å². The Balaban J connectivity index is 1.91. The molecule has 3 rings (SSSR count). The number of aliphatic hydroxyl groups is 1. The van der Waals surface area contributed by atoms with Gasteiger partial charge in [-0.3, -0.25) is 4.79 Å². The molecule has 0 bridgehead atoms. The molecule has 0 spiro atoms. The van der Waals surface area contributed by atoms with Crippen molar-refractivity contribution in [1.82, 2.24) is 0 Å². The normalized spacial score (nSPS) is 17.2. The average Bonchev–Trinajstić information content (AvgIpc) is 2.81. The highest BCUT2D eigenvalue weighted by Crippen LogP contribution is 2.36. The van der Waals surface area contributed by atoms with Crippen molar-refractivity contribution in [3.63, 3.8) is 0 Å². The Bertz CT molecular complexity index is 739. The second-order valence-corrected chi connectivity index (χ2v) is 6.22. The van der Waals surface area contributed by atoms with E-state index in [4.69, 9.17) is 27.6 Å². The molecular formula is C16H15Cl2NO3. The standard InChI is InChI=1S/C16H15Cl2NO3/c1-8-14-12(20)3-2-4-13(14)22-15(8)16(21)19-11-7-9(17)5-6-10(11)18/h5-7,12,20H,2-4H2,1H3,(H,19,21). The number of fused-ring (bicyclic) bond motifs is 1. The van der Waals surface area contributed by atoms with Crippen LogP contribution in [0.5, 0.6) is 0 Å². The summed E-state index contributed by atoms with van der Waals surface area (Å²) in [6, 6.07) is 4.84. The summed E-state index contributed by atoms with van der Waals surface area (Å²) >= 11 is 12.0. The van der Waals surface area contributed by atoms with Crippen LogP contribution in [0.2, 0.25) is 10.0 Å². The molecule has 116 valence electrons. The van der Waals surface area contributed by atoms with Crippen molar-refractivity contribution in [2.45, 2.75) is 32.3 Å². The molecule has 0 radical (unpaired) electrons. The number of aliphatic hydroxyl groups excluding tert-OH is 1. The first-order valence-electron chi connectivity index (χ1n) is 7.04. The highest BCUT2D eigenvalue weighted by atomic mass is 35.5. The van der Waals surface area contributed by atoms with E-state index in [1.807, 2.05) is 0 Å². The lowest BCUT2D eigenvalue weighted by Gasteiger charge is -2.16. The highest BCUT2D eigenvalue weighted by Gasteiger charge is 2.29. The van der Waals surface area contributed by atoms with Gasteiger partial charge in [-0.15, -0.1) is 0 Å². The summed E-state index contributed by atoms with van der Waals surface area (Å²) in [6.45, 7) is 1.78. The fraction of sp³-hybridized carbons (Fsp3) is 0.312. The maximum atomic E-state index is 12.4. The van der Waals surface area contributed by atoms with Gasteiger partial charge >= 0.3 is 0 Å². The number of aryl methyl sites for hydroxylation is 1. The van der Waals surface area contributed by atoms with Gasteiger partial charge in [0.1, 0.15) is 5.76 Å². The lowest BCUT2D eigenvalue weighted by atomic mass is 9.92. The monoisotopic (exact) mass is 339 g/mol. The van der Waals surface area contributed by atoms with Crippen LogP contribution < -0.4 is 5.32 Å². The molecule has 1 atom stereocenters. The molecule has 22 heavy (non-hydrogen) atoms. The smallest absolute Gasteiger partial charge is 0.291 e. The van der Waals surface area contributed by atoms with E-state index in [1.165, 1.54) is 0 Å². The zero-order valence-electron chi connectivity index (χ0n) is 12.0. The van der Waals surface area contributed by atoms with E-state index in [9.17, 15) is 9.90 Å². The largest absolute Gasteiger partial charge is 0.455 e. The van der Waals surface area contributed by atoms with Gasteiger partial charge in [-0.05, 0) is 38.0 Å². The van der Waals surface area contributed by atoms with Gasteiger partial charge < -0.3 is 14.8 Å². The van der Waals surface area contributed by atoms with E-state index >= 15 is 0 Å². The summed E-state index contributed by atoms with van der Waals surface area (Å²) in [5.41, 5.74) is 1.85. The number of anilines is 1. The zero-order chi connectivity index (χ0) is 15.9. The SMILES string of the molecule is Cc1c(C(=O)Nc2cc(Cl)ccc2Cl)oc2c1C(O)CCC2. The minimum atomic E-state index is -0.566. The number of rotatable bonds is 2. The van der Waals surface area contributed by atoms with Crippen LogP contribution in [0.25, 0.3) is 0 Å². The lowest BCUT2D eigenvalue weighted by Crippen LogP contribution is -2.13. The summed E-state index contributed by atoms with van der Waals surface area (Å²) in [7, 11) is 0. The van der Waals surface area contributed by atoms with E-state index < -0.39 is 12.0 Å². The summed E-state index contributed by atoms with van der Waals surface area (Å²) in [5.74, 6) is 0.504. The number of hydrogen-bond acceptors (Lipinski definition) is 3. The minimum absolute atomic E-state index is 0.210. The van der Waals surface area contributed by atoms with Gasteiger partial charge in [-0.1, -0.05) is 23.2 Å². The van der Waals surface area contributed by atoms with Crippen LogP contribution in [0.15, 0.2) is 22.6 Å². The van der Waals surface area contributed by atoms with Crippen LogP contribution in [-0.4, -0.2) is 11.0 Å². The van der Waals surface area contributed by atoms with E-state index in [1.54, 1.807) is 25.1 Å². The van der Waals surface area contributed by atoms with Crippen molar-refractivity contribution in [3.8, 4) is 0 Å². The molecule has 0 aliphatic heterocycles. The third-order valence-corrected chi connectivity index (χ3v) is 4.43. The quantitative estimate of drug-likeness (QED) is 0.845. The molecule has 1 aliphatic rings. The fourth-order valence-electron chi connectivity index (χ4n) is 2.80. The maximum absolute atomic E-state index is 12.4. The molecule has 0 fully saturated rings. The summed E-state index contributed by atoms with van der Waals surface area (Å²) in [6.07, 6.45) is 1.71. The van der Waals surface area contributed by atoms with E-state index in [2.05, 4.69) is 5.32 Å². The van der Waals surface area contributed by atoms with Gasteiger partial charge in [0, 0.05) is 22.6 Å². The van der Waals surface area contributed by atoms with Gasteiger partial charge in [0.25, 0.3) is 5.91 Å². The van der Waals surface area contributed by atoms with E-state index in [-0.39, 0.29) is 5.76 Å². The van der Waals surface area contributed by atoms with Crippen molar-refractivity contribution >= 4 is 34.8 Å². The molecule has 1 aromatic carbocycles. The molecule has 1 aliphatic carbocycles. The number of nitrogens with one attached hydrogen (secondary N) is 1. The van der Waals surface area contributed by atoms with Crippen LogP contribution >= 0.6 is 23.2 Å². The highest BCUT2D eigenvalue weighted by molar-refractivity contribution is 6.35. The van der Waals surface area contributed by atoms with Crippen molar-refractivity contribution < 1.29 is 14.3 Å². The third kappa shape index (κ3) is 2.74. The number of halogens is 2. The topological polar surface area (TPSA) is 62.5 Å². The predicted molar refractivity (Wildman–Crippen MR) is 85.8 cm³/mol.